The van der Waals surface area contributed by atoms with Crippen molar-refractivity contribution in [2.24, 2.45) is 0 Å². The summed E-state index contributed by atoms with van der Waals surface area (Å²) in [7, 11) is 0. The van der Waals surface area contributed by atoms with E-state index in [1.807, 2.05) is 6.92 Å². The quantitative estimate of drug-likeness (QED) is 0.454. The lowest BCUT2D eigenvalue weighted by Gasteiger charge is -1.98. The Bertz CT molecular complexity index is 238. The zero-order valence-corrected chi connectivity index (χ0v) is 7.60. The number of hydrogen-bond acceptors (Lipinski definition) is 5. The molecule has 0 aliphatic rings. The van der Waals surface area contributed by atoms with E-state index in [0.717, 1.165) is 5.69 Å². The largest absolute Gasteiger partial charge is 0.394 e. The van der Waals surface area contributed by atoms with Gasteiger partial charge >= 0.3 is 0 Å². The molecule has 6 heteroatoms. The molecule has 0 aromatic carbocycles. The molecule has 1 heterocycles. The highest BCUT2D eigenvalue weighted by molar-refractivity contribution is 4.90. The van der Waals surface area contributed by atoms with Gasteiger partial charge in [-0.2, -0.15) is 5.48 Å². The van der Waals surface area contributed by atoms with E-state index in [4.69, 9.17) is 9.94 Å². The molecule has 1 rings (SSSR count). The Hall–Kier alpha value is -0.980. The Morgan fingerprint density at radius 3 is 3.23 bits per heavy atom. The normalized spacial score (nSPS) is 10.6. The van der Waals surface area contributed by atoms with Crippen molar-refractivity contribution in [1.82, 2.24) is 20.5 Å². The second-order valence-electron chi connectivity index (χ2n) is 2.45. The summed E-state index contributed by atoms with van der Waals surface area (Å²) in [6, 6.07) is 0. The van der Waals surface area contributed by atoms with E-state index in [1.54, 1.807) is 10.9 Å². The first-order valence-electron chi connectivity index (χ1n) is 4.21. The van der Waals surface area contributed by atoms with Crippen LogP contribution in [0.15, 0.2) is 6.20 Å². The number of aliphatic hydroxyl groups is 1. The molecule has 0 radical (unpaired) electrons. The first-order chi connectivity index (χ1) is 6.36. The van der Waals surface area contributed by atoms with Crippen LogP contribution in [0.4, 0.5) is 0 Å². The van der Waals surface area contributed by atoms with Crippen LogP contribution in [-0.2, 0) is 17.9 Å². The van der Waals surface area contributed by atoms with Crippen LogP contribution < -0.4 is 5.48 Å². The van der Waals surface area contributed by atoms with E-state index in [0.29, 0.717) is 19.7 Å². The minimum Gasteiger partial charge on any atom is -0.394 e. The predicted molar refractivity (Wildman–Crippen MR) is 45.6 cm³/mol. The van der Waals surface area contributed by atoms with Crippen LogP contribution in [0, 0.1) is 0 Å². The average molecular weight is 186 g/mol. The zero-order valence-electron chi connectivity index (χ0n) is 7.60. The van der Waals surface area contributed by atoms with Crippen molar-refractivity contribution in [3.05, 3.63) is 11.9 Å². The lowest BCUT2D eigenvalue weighted by molar-refractivity contribution is 0.0456. The maximum Gasteiger partial charge on any atom is 0.0988 e. The molecule has 0 amide bonds. The molecule has 0 saturated carbocycles. The van der Waals surface area contributed by atoms with Gasteiger partial charge in [0.25, 0.3) is 0 Å². The predicted octanol–water partition coefficient (Wildman–Crippen LogP) is -0.688. The molecule has 0 saturated heterocycles. The van der Waals surface area contributed by atoms with Crippen molar-refractivity contribution in [3.63, 3.8) is 0 Å². The molecule has 6 nitrogen and oxygen atoms in total. The topological polar surface area (TPSA) is 72.2 Å². The highest BCUT2D eigenvalue weighted by Gasteiger charge is 1.98. The SMILES string of the molecule is CCONCc1cn(CCO)nn1. The molecule has 1 aromatic heterocycles. The highest BCUT2D eigenvalue weighted by atomic mass is 16.6. The molecule has 0 atom stereocenters. The fraction of sp³-hybridized carbons (Fsp3) is 0.714. The summed E-state index contributed by atoms with van der Waals surface area (Å²) < 4.78 is 1.59. The molecule has 0 unspecified atom stereocenters. The Morgan fingerprint density at radius 1 is 1.69 bits per heavy atom. The van der Waals surface area contributed by atoms with Crippen LogP contribution in [0.1, 0.15) is 12.6 Å². The molecule has 0 fully saturated rings. The van der Waals surface area contributed by atoms with Gasteiger partial charge in [0.15, 0.2) is 0 Å². The van der Waals surface area contributed by atoms with Crippen LogP contribution in [0.25, 0.3) is 0 Å². The first-order valence-corrected chi connectivity index (χ1v) is 4.21. The molecule has 0 aliphatic heterocycles. The molecule has 1 aromatic rings. The Morgan fingerprint density at radius 2 is 2.54 bits per heavy atom. The van der Waals surface area contributed by atoms with Crippen molar-refractivity contribution in [2.75, 3.05) is 13.2 Å². The molecular weight excluding hydrogens is 172 g/mol. The van der Waals surface area contributed by atoms with Crippen molar-refractivity contribution in [1.29, 1.82) is 0 Å². The van der Waals surface area contributed by atoms with Gasteiger partial charge in [0, 0.05) is 6.20 Å². The summed E-state index contributed by atoms with van der Waals surface area (Å²) >= 11 is 0. The van der Waals surface area contributed by atoms with E-state index in [-0.39, 0.29) is 6.61 Å². The minimum absolute atomic E-state index is 0.0711. The van der Waals surface area contributed by atoms with Gasteiger partial charge in [0.05, 0.1) is 32.0 Å². The molecule has 0 bridgehead atoms. The number of nitrogens with one attached hydrogen (secondary N) is 1. The molecule has 13 heavy (non-hydrogen) atoms. The smallest absolute Gasteiger partial charge is 0.0988 e. The third-order valence-electron chi connectivity index (χ3n) is 1.41. The van der Waals surface area contributed by atoms with Gasteiger partial charge in [0.2, 0.25) is 0 Å². The van der Waals surface area contributed by atoms with Crippen LogP contribution in [0.2, 0.25) is 0 Å². The first kappa shape index (κ1) is 10.1. The highest BCUT2D eigenvalue weighted by Crippen LogP contribution is 1.91. The van der Waals surface area contributed by atoms with E-state index in [1.165, 1.54) is 0 Å². The summed E-state index contributed by atoms with van der Waals surface area (Å²) in [5.41, 5.74) is 3.52. The van der Waals surface area contributed by atoms with E-state index in [2.05, 4.69) is 15.8 Å². The van der Waals surface area contributed by atoms with Crippen molar-refractivity contribution in [3.8, 4) is 0 Å². The summed E-state index contributed by atoms with van der Waals surface area (Å²) in [5.74, 6) is 0. The van der Waals surface area contributed by atoms with Gasteiger partial charge in [0.1, 0.15) is 0 Å². The van der Waals surface area contributed by atoms with Gasteiger partial charge in [-0.05, 0) is 6.92 Å². The number of aliphatic hydroxyl groups excluding tert-OH is 1. The monoisotopic (exact) mass is 186 g/mol. The maximum atomic E-state index is 8.61. The molecular formula is C7H14N4O2. The van der Waals surface area contributed by atoms with Gasteiger partial charge < -0.3 is 9.94 Å². The number of hydroxylamine groups is 1. The van der Waals surface area contributed by atoms with E-state index < -0.39 is 0 Å². The Balaban J connectivity index is 2.31. The molecule has 0 spiro atoms. The second-order valence-corrected chi connectivity index (χ2v) is 2.45. The van der Waals surface area contributed by atoms with Gasteiger partial charge in [-0.15, -0.1) is 5.10 Å². The van der Waals surface area contributed by atoms with E-state index >= 15 is 0 Å². The van der Waals surface area contributed by atoms with Crippen molar-refractivity contribution >= 4 is 0 Å². The third kappa shape index (κ3) is 3.49. The minimum atomic E-state index is 0.0711. The lowest BCUT2D eigenvalue weighted by Crippen LogP contribution is -2.13. The Labute approximate surface area is 76.5 Å². The number of hydrogen-bond donors (Lipinski definition) is 2. The summed E-state index contributed by atoms with van der Waals surface area (Å²) in [4.78, 5) is 4.93. The van der Waals surface area contributed by atoms with Gasteiger partial charge in [-0.25, -0.2) is 4.68 Å². The van der Waals surface area contributed by atoms with Gasteiger partial charge in [-0.3, -0.25) is 0 Å². The lowest BCUT2D eigenvalue weighted by atomic mass is 10.5. The van der Waals surface area contributed by atoms with Crippen molar-refractivity contribution < 1.29 is 9.94 Å². The van der Waals surface area contributed by atoms with Crippen LogP contribution in [0.5, 0.6) is 0 Å². The van der Waals surface area contributed by atoms with Crippen molar-refractivity contribution in [2.45, 2.75) is 20.0 Å². The summed E-state index contributed by atoms with van der Waals surface area (Å²) in [5, 5.41) is 16.3. The fourth-order valence-corrected chi connectivity index (χ4v) is 0.858. The summed E-state index contributed by atoms with van der Waals surface area (Å²) in [6.07, 6.45) is 1.77. The summed E-state index contributed by atoms with van der Waals surface area (Å²) in [6.45, 7) is 3.59. The average Bonchev–Trinajstić information content (AvgIpc) is 2.54. The molecule has 0 aliphatic carbocycles. The van der Waals surface area contributed by atoms with Gasteiger partial charge in [-0.1, -0.05) is 5.21 Å². The Kier molecular flexibility index (Phi) is 4.37. The van der Waals surface area contributed by atoms with Crippen LogP contribution >= 0.6 is 0 Å². The zero-order chi connectivity index (χ0) is 9.52. The standard InChI is InChI=1S/C7H14N4O2/c1-2-13-8-5-7-6-11(3-4-12)10-9-7/h6,8,12H,2-5H2,1H3. The molecule has 74 valence electrons. The number of aromatic nitrogens is 3. The van der Waals surface area contributed by atoms with E-state index in [9.17, 15) is 0 Å². The third-order valence-corrected chi connectivity index (χ3v) is 1.41. The fourth-order valence-electron chi connectivity index (χ4n) is 0.858. The van der Waals surface area contributed by atoms with Crippen LogP contribution in [-0.4, -0.2) is 33.3 Å². The number of nitrogens with zero attached hydrogens (tertiary/aromatic N) is 3. The maximum absolute atomic E-state index is 8.61. The molecule has 2 N–H and O–H groups in total. The second kappa shape index (κ2) is 5.63. The van der Waals surface area contributed by atoms with Crippen LogP contribution in [0.3, 0.4) is 0 Å². The number of rotatable bonds is 6.